The Labute approximate surface area is 118 Å². The molecule has 19 heavy (non-hydrogen) atoms. The molecule has 1 aliphatic rings. The number of aryl methyl sites for hydroxylation is 1. The van der Waals surface area contributed by atoms with Crippen molar-refractivity contribution in [3.63, 3.8) is 0 Å². The van der Waals surface area contributed by atoms with E-state index in [1.54, 1.807) is 7.11 Å². The molecule has 0 radical (unpaired) electrons. The molecule has 0 bridgehead atoms. The lowest BCUT2D eigenvalue weighted by Gasteiger charge is -2.22. The molecule has 0 saturated carbocycles. The molecule has 3 nitrogen and oxygen atoms in total. The molecule has 0 fully saturated rings. The Kier molecular flexibility index (Phi) is 4.30. The van der Waals surface area contributed by atoms with Gasteiger partial charge in [-0.2, -0.15) is 0 Å². The summed E-state index contributed by atoms with van der Waals surface area (Å²) in [6.07, 6.45) is 0. The quantitative estimate of drug-likeness (QED) is 0.852. The number of hydrogen-bond acceptors (Lipinski definition) is 4. The second kappa shape index (κ2) is 5.78. The smallest absolute Gasteiger partial charge is 0.214 e. The van der Waals surface area contributed by atoms with Crippen molar-refractivity contribution < 1.29 is 9.53 Å². The van der Waals surface area contributed by atoms with Crippen LogP contribution in [-0.4, -0.2) is 29.7 Å². The SMILES string of the molecule is COc1cc(C)ccc1C1=N[C@@H](C(C)C)C(=O)SC1. The minimum absolute atomic E-state index is 0.171. The van der Waals surface area contributed by atoms with Crippen LogP contribution in [0.15, 0.2) is 23.2 Å². The number of nitrogens with zero attached hydrogens (tertiary/aromatic N) is 1. The number of aliphatic imine (C=N–C) groups is 1. The molecule has 0 aliphatic carbocycles. The van der Waals surface area contributed by atoms with Crippen molar-refractivity contribution in [3.8, 4) is 5.75 Å². The molecular weight excluding hydrogens is 258 g/mol. The Morgan fingerprint density at radius 3 is 2.79 bits per heavy atom. The van der Waals surface area contributed by atoms with Crippen molar-refractivity contribution >= 4 is 22.6 Å². The zero-order chi connectivity index (χ0) is 14.0. The highest BCUT2D eigenvalue weighted by atomic mass is 32.2. The summed E-state index contributed by atoms with van der Waals surface area (Å²) < 4.78 is 5.43. The molecule has 0 amide bonds. The van der Waals surface area contributed by atoms with E-state index >= 15 is 0 Å². The third kappa shape index (κ3) is 3.00. The fourth-order valence-corrected chi connectivity index (χ4v) is 3.09. The fourth-order valence-electron chi connectivity index (χ4n) is 2.09. The second-order valence-corrected chi connectivity index (χ2v) is 6.06. The van der Waals surface area contributed by atoms with Gasteiger partial charge < -0.3 is 4.74 Å². The van der Waals surface area contributed by atoms with Crippen LogP contribution in [0.1, 0.15) is 25.0 Å². The molecule has 1 atom stereocenters. The summed E-state index contributed by atoms with van der Waals surface area (Å²) in [4.78, 5) is 16.5. The number of rotatable bonds is 3. The molecule has 1 aromatic carbocycles. The van der Waals surface area contributed by atoms with Gasteiger partial charge in [-0.25, -0.2) is 0 Å². The Morgan fingerprint density at radius 1 is 1.42 bits per heavy atom. The highest BCUT2D eigenvalue weighted by molar-refractivity contribution is 8.14. The minimum Gasteiger partial charge on any atom is -0.496 e. The number of thioether (sulfide) groups is 1. The van der Waals surface area contributed by atoms with Crippen molar-refractivity contribution in [1.82, 2.24) is 0 Å². The van der Waals surface area contributed by atoms with E-state index in [2.05, 4.69) is 4.99 Å². The van der Waals surface area contributed by atoms with Crippen molar-refractivity contribution in [2.24, 2.45) is 10.9 Å². The first-order chi connectivity index (χ1) is 9.02. The Hall–Kier alpha value is -1.29. The van der Waals surface area contributed by atoms with Gasteiger partial charge in [0.25, 0.3) is 0 Å². The van der Waals surface area contributed by atoms with Crippen molar-refractivity contribution in [1.29, 1.82) is 0 Å². The highest BCUT2D eigenvalue weighted by Gasteiger charge is 2.28. The van der Waals surface area contributed by atoms with Gasteiger partial charge in [0.15, 0.2) is 0 Å². The first-order valence-corrected chi connectivity index (χ1v) is 7.39. The van der Waals surface area contributed by atoms with E-state index < -0.39 is 0 Å². The lowest BCUT2D eigenvalue weighted by atomic mass is 10.0. The molecule has 0 N–H and O–H groups in total. The maximum absolute atomic E-state index is 11.8. The zero-order valence-electron chi connectivity index (χ0n) is 11.8. The van der Waals surface area contributed by atoms with Crippen LogP contribution in [0.25, 0.3) is 0 Å². The summed E-state index contributed by atoms with van der Waals surface area (Å²) in [7, 11) is 1.67. The molecule has 0 spiro atoms. The van der Waals surface area contributed by atoms with Crippen molar-refractivity contribution in [2.75, 3.05) is 12.9 Å². The van der Waals surface area contributed by atoms with E-state index in [-0.39, 0.29) is 17.1 Å². The maximum Gasteiger partial charge on any atom is 0.214 e. The van der Waals surface area contributed by atoms with Gasteiger partial charge in [-0.3, -0.25) is 9.79 Å². The molecule has 1 aromatic rings. The van der Waals surface area contributed by atoms with Crippen LogP contribution in [0.5, 0.6) is 5.75 Å². The minimum atomic E-state index is -0.236. The van der Waals surface area contributed by atoms with E-state index in [4.69, 9.17) is 4.74 Å². The Bertz CT molecular complexity index is 523. The number of hydrogen-bond donors (Lipinski definition) is 0. The van der Waals surface area contributed by atoms with E-state index in [0.29, 0.717) is 5.75 Å². The number of methoxy groups -OCH3 is 1. The van der Waals surface area contributed by atoms with Gasteiger partial charge >= 0.3 is 0 Å². The molecule has 1 aliphatic heterocycles. The van der Waals surface area contributed by atoms with Gasteiger partial charge in [0.1, 0.15) is 11.8 Å². The van der Waals surface area contributed by atoms with Crippen molar-refractivity contribution in [3.05, 3.63) is 29.3 Å². The topological polar surface area (TPSA) is 38.7 Å². The summed E-state index contributed by atoms with van der Waals surface area (Å²) in [5, 5.41) is 0.171. The number of carbonyl (C=O) groups excluding carboxylic acids is 1. The van der Waals surface area contributed by atoms with Gasteiger partial charge in [0, 0.05) is 11.3 Å². The molecule has 0 saturated heterocycles. The first-order valence-electron chi connectivity index (χ1n) is 6.41. The number of benzene rings is 1. The predicted molar refractivity (Wildman–Crippen MR) is 80.4 cm³/mol. The molecule has 0 aromatic heterocycles. The lowest BCUT2D eigenvalue weighted by molar-refractivity contribution is -0.112. The molecule has 102 valence electrons. The second-order valence-electron chi connectivity index (χ2n) is 5.08. The summed E-state index contributed by atoms with van der Waals surface area (Å²) >= 11 is 1.36. The predicted octanol–water partition coefficient (Wildman–Crippen LogP) is 3.09. The van der Waals surface area contributed by atoms with E-state index in [9.17, 15) is 4.79 Å². The van der Waals surface area contributed by atoms with Gasteiger partial charge in [0.05, 0.1) is 12.8 Å². The largest absolute Gasteiger partial charge is 0.496 e. The third-order valence-corrected chi connectivity index (χ3v) is 4.13. The molecular formula is C15H19NO2S. The number of ether oxygens (including phenoxy) is 1. The highest BCUT2D eigenvalue weighted by Crippen LogP contribution is 2.28. The molecule has 4 heteroatoms. The summed E-state index contributed by atoms with van der Waals surface area (Å²) in [6, 6.07) is 5.84. The van der Waals surface area contributed by atoms with E-state index in [0.717, 1.165) is 22.6 Å². The van der Waals surface area contributed by atoms with Gasteiger partial charge in [-0.1, -0.05) is 31.7 Å². The molecule has 0 unspecified atom stereocenters. The lowest BCUT2D eigenvalue weighted by Crippen LogP contribution is -2.29. The Balaban J connectivity index is 2.41. The standard InChI is InChI=1S/C15H19NO2S/c1-9(2)14-15(17)19-8-12(16-14)11-6-5-10(3)7-13(11)18-4/h5-7,9,14H,8H2,1-4H3/t14-/m0/s1. The van der Waals surface area contributed by atoms with Crippen LogP contribution < -0.4 is 4.74 Å². The van der Waals surface area contributed by atoms with Gasteiger partial charge in [-0.15, -0.1) is 0 Å². The van der Waals surface area contributed by atoms with E-state index in [1.807, 2.05) is 39.0 Å². The maximum atomic E-state index is 11.8. The summed E-state index contributed by atoms with van der Waals surface area (Å²) in [6.45, 7) is 6.09. The van der Waals surface area contributed by atoms with E-state index in [1.165, 1.54) is 11.8 Å². The zero-order valence-corrected chi connectivity index (χ0v) is 12.6. The summed E-state index contributed by atoms with van der Waals surface area (Å²) in [5.41, 5.74) is 3.11. The van der Waals surface area contributed by atoms with Crippen LogP contribution in [0, 0.1) is 12.8 Å². The number of carbonyl (C=O) groups is 1. The van der Waals surface area contributed by atoms with Crippen LogP contribution in [0.3, 0.4) is 0 Å². The molecule has 1 heterocycles. The summed E-state index contributed by atoms with van der Waals surface area (Å²) in [5.74, 6) is 1.68. The van der Waals surface area contributed by atoms with Crippen LogP contribution in [0.4, 0.5) is 0 Å². The average Bonchev–Trinajstić information content (AvgIpc) is 2.39. The average molecular weight is 277 g/mol. The Morgan fingerprint density at radius 2 is 2.16 bits per heavy atom. The van der Waals surface area contributed by atoms with Crippen LogP contribution in [0.2, 0.25) is 0 Å². The normalized spacial score (nSPS) is 19.5. The third-order valence-electron chi connectivity index (χ3n) is 3.19. The van der Waals surface area contributed by atoms with Crippen molar-refractivity contribution in [2.45, 2.75) is 26.8 Å². The van der Waals surface area contributed by atoms with Gasteiger partial charge in [0.2, 0.25) is 5.12 Å². The van der Waals surface area contributed by atoms with Gasteiger partial charge in [-0.05, 0) is 30.5 Å². The first kappa shape index (κ1) is 14.1. The van der Waals surface area contributed by atoms with Crippen LogP contribution in [-0.2, 0) is 4.79 Å². The van der Waals surface area contributed by atoms with Crippen LogP contribution >= 0.6 is 11.8 Å². The monoisotopic (exact) mass is 277 g/mol. The molecule has 2 rings (SSSR count). The fraction of sp³-hybridized carbons (Fsp3) is 0.467.